The molecular weight excluding hydrogens is 207 g/mol. The maximum Gasteiger partial charge on any atom is 0.255 e. The van der Waals surface area contributed by atoms with Crippen molar-refractivity contribution < 1.29 is 9.18 Å². The number of hydrogen-bond donors (Lipinski definition) is 0. The lowest BCUT2D eigenvalue weighted by atomic mass is 10.2. The summed E-state index contributed by atoms with van der Waals surface area (Å²) in [7, 11) is 0. The van der Waals surface area contributed by atoms with Crippen molar-refractivity contribution in [2.45, 2.75) is 32.2 Å². The standard InChI is InChI=1S/C12H15FN2O/c1-2-7-15(10-4-5-10)12(16)9-3-6-11(13)14-8-9/h3,6,8,10H,2,4-5,7H2,1H3. The summed E-state index contributed by atoms with van der Waals surface area (Å²) in [4.78, 5) is 17.5. The molecule has 0 unspecified atom stereocenters. The molecule has 1 aliphatic carbocycles. The molecule has 1 fully saturated rings. The molecule has 3 nitrogen and oxygen atoms in total. The van der Waals surface area contributed by atoms with Gasteiger partial charge >= 0.3 is 0 Å². The van der Waals surface area contributed by atoms with Gasteiger partial charge in [0.2, 0.25) is 5.95 Å². The normalized spacial score (nSPS) is 14.9. The van der Waals surface area contributed by atoms with Crippen LogP contribution in [0.25, 0.3) is 0 Å². The Morgan fingerprint density at radius 2 is 2.31 bits per heavy atom. The number of halogens is 1. The molecule has 0 N–H and O–H groups in total. The summed E-state index contributed by atoms with van der Waals surface area (Å²) in [5.41, 5.74) is 0.474. The molecular formula is C12H15FN2O. The minimum atomic E-state index is -0.551. The Balaban J connectivity index is 2.12. The van der Waals surface area contributed by atoms with E-state index >= 15 is 0 Å². The van der Waals surface area contributed by atoms with Crippen LogP contribution >= 0.6 is 0 Å². The number of amides is 1. The minimum absolute atomic E-state index is 0.0307. The van der Waals surface area contributed by atoms with E-state index < -0.39 is 5.95 Å². The highest BCUT2D eigenvalue weighted by Crippen LogP contribution is 2.28. The van der Waals surface area contributed by atoms with Crippen LogP contribution in [-0.2, 0) is 0 Å². The Labute approximate surface area is 94.3 Å². The SMILES string of the molecule is CCCN(C(=O)c1ccc(F)nc1)C1CC1. The smallest absolute Gasteiger partial charge is 0.255 e. The Morgan fingerprint density at radius 1 is 1.56 bits per heavy atom. The van der Waals surface area contributed by atoms with Crippen LogP contribution in [0.2, 0.25) is 0 Å². The predicted octanol–water partition coefficient (Wildman–Crippen LogP) is 2.24. The van der Waals surface area contributed by atoms with Crippen molar-refractivity contribution in [3.05, 3.63) is 29.8 Å². The Hall–Kier alpha value is -1.45. The van der Waals surface area contributed by atoms with Crippen LogP contribution in [0.4, 0.5) is 4.39 Å². The van der Waals surface area contributed by atoms with Crippen molar-refractivity contribution in [1.29, 1.82) is 0 Å². The predicted molar refractivity (Wildman–Crippen MR) is 58.5 cm³/mol. The van der Waals surface area contributed by atoms with E-state index in [4.69, 9.17) is 0 Å². The third-order valence-corrected chi connectivity index (χ3v) is 2.69. The minimum Gasteiger partial charge on any atom is -0.336 e. The fourth-order valence-corrected chi connectivity index (χ4v) is 1.75. The molecule has 0 bridgehead atoms. The molecule has 2 rings (SSSR count). The van der Waals surface area contributed by atoms with Crippen molar-refractivity contribution in [3.8, 4) is 0 Å². The maximum absolute atomic E-state index is 12.6. The molecule has 1 aromatic heterocycles. The lowest BCUT2D eigenvalue weighted by Crippen LogP contribution is -2.33. The van der Waals surface area contributed by atoms with E-state index in [1.165, 1.54) is 18.3 Å². The van der Waals surface area contributed by atoms with Crippen LogP contribution in [0, 0.1) is 5.95 Å². The van der Waals surface area contributed by atoms with E-state index in [-0.39, 0.29) is 5.91 Å². The summed E-state index contributed by atoms with van der Waals surface area (Å²) in [5, 5.41) is 0. The molecule has 0 radical (unpaired) electrons. The third kappa shape index (κ3) is 2.38. The first-order chi connectivity index (χ1) is 7.72. The Morgan fingerprint density at radius 3 is 2.81 bits per heavy atom. The fourth-order valence-electron chi connectivity index (χ4n) is 1.75. The lowest BCUT2D eigenvalue weighted by Gasteiger charge is -2.21. The molecule has 1 amide bonds. The van der Waals surface area contributed by atoms with Crippen LogP contribution in [0.3, 0.4) is 0 Å². The van der Waals surface area contributed by atoms with Gasteiger partial charge < -0.3 is 4.90 Å². The summed E-state index contributed by atoms with van der Waals surface area (Å²) in [6, 6.07) is 3.11. The van der Waals surface area contributed by atoms with Gasteiger partial charge in [0.05, 0.1) is 5.56 Å². The molecule has 0 saturated heterocycles. The second-order valence-corrected chi connectivity index (χ2v) is 4.10. The topological polar surface area (TPSA) is 33.2 Å². The maximum atomic E-state index is 12.6. The molecule has 4 heteroatoms. The number of rotatable bonds is 4. The summed E-state index contributed by atoms with van der Waals surface area (Å²) >= 11 is 0. The van der Waals surface area contributed by atoms with Gasteiger partial charge in [-0.2, -0.15) is 4.39 Å². The van der Waals surface area contributed by atoms with Gasteiger partial charge in [-0.05, 0) is 31.4 Å². The van der Waals surface area contributed by atoms with Crippen LogP contribution in [0.15, 0.2) is 18.3 Å². The van der Waals surface area contributed by atoms with Gasteiger partial charge in [-0.15, -0.1) is 0 Å². The average molecular weight is 222 g/mol. The molecule has 0 spiro atoms. The van der Waals surface area contributed by atoms with Crippen LogP contribution in [0.5, 0.6) is 0 Å². The molecule has 0 aromatic carbocycles. The van der Waals surface area contributed by atoms with Crippen molar-refractivity contribution in [2.24, 2.45) is 0 Å². The molecule has 1 saturated carbocycles. The third-order valence-electron chi connectivity index (χ3n) is 2.69. The first-order valence-electron chi connectivity index (χ1n) is 5.65. The number of pyridine rings is 1. The van der Waals surface area contributed by atoms with E-state index in [9.17, 15) is 9.18 Å². The molecule has 86 valence electrons. The second-order valence-electron chi connectivity index (χ2n) is 4.10. The zero-order chi connectivity index (χ0) is 11.5. The summed E-state index contributed by atoms with van der Waals surface area (Å²) in [6.07, 6.45) is 4.42. The van der Waals surface area contributed by atoms with Gasteiger partial charge in [0.25, 0.3) is 5.91 Å². The van der Waals surface area contributed by atoms with Gasteiger partial charge in [0.15, 0.2) is 0 Å². The Bertz CT molecular complexity index is 373. The largest absolute Gasteiger partial charge is 0.336 e. The first kappa shape index (κ1) is 11.0. The molecule has 1 aromatic rings. The molecule has 0 aliphatic heterocycles. The average Bonchev–Trinajstić information content (AvgIpc) is 3.10. The van der Waals surface area contributed by atoms with Gasteiger partial charge in [0, 0.05) is 18.8 Å². The molecule has 1 heterocycles. The summed E-state index contributed by atoms with van der Waals surface area (Å²) in [6.45, 7) is 2.81. The van der Waals surface area contributed by atoms with Crippen molar-refractivity contribution in [1.82, 2.24) is 9.88 Å². The van der Waals surface area contributed by atoms with Crippen LogP contribution < -0.4 is 0 Å². The van der Waals surface area contributed by atoms with Gasteiger partial charge in [-0.25, -0.2) is 4.98 Å². The van der Waals surface area contributed by atoms with E-state index in [1.54, 1.807) is 0 Å². The summed E-state index contributed by atoms with van der Waals surface area (Å²) in [5.74, 6) is -0.582. The van der Waals surface area contributed by atoms with Crippen LogP contribution in [0.1, 0.15) is 36.5 Å². The van der Waals surface area contributed by atoms with E-state index in [0.717, 1.165) is 25.8 Å². The van der Waals surface area contributed by atoms with Crippen molar-refractivity contribution in [3.63, 3.8) is 0 Å². The molecule has 1 aliphatic rings. The van der Waals surface area contributed by atoms with Crippen LogP contribution in [-0.4, -0.2) is 28.4 Å². The van der Waals surface area contributed by atoms with E-state index in [1.807, 2.05) is 11.8 Å². The first-order valence-corrected chi connectivity index (χ1v) is 5.65. The fraction of sp³-hybridized carbons (Fsp3) is 0.500. The highest BCUT2D eigenvalue weighted by Gasteiger charge is 2.32. The number of nitrogens with zero attached hydrogens (tertiary/aromatic N) is 2. The summed E-state index contributed by atoms with van der Waals surface area (Å²) < 4.78 is 12.6. The zero-order valence-electron chi connectivity index (χ0n) is 9.32. The van der Waals surface area contributed by atoms with Gasteiger partial charge in [0.1, 0.15) is 0 Å². The lowest BCUT2D eigenvalue weighted by molar-refractivity contribution is 0.0742. The van der Waals surface area contributed by atoms with Crippen molar-refractivity contribution in [2.75, 3.05) is 6.54 Å². The zero-order valence-corrected chi connectivity index (χ0v) is 9.32. The van der Waals surface area contributed by atoms with Crippen molar-refractivity contribution >= 4 is 5.91 Å². The van der Waals surface area contributed by atoms with E-state index in [0.29, 0.717) is 11.6 Å². The number of aromatic nitrogens is 1. The van der Waals surface area contributed by atoms with E-state index in [2.05, 4.69) is 4.98 Å². The highest BCUT2D eigenvalue weighted by molar-refractivity contribution is 5.94. The Kier molecular flexibility index (Phi) is 3.17. The molecule has 16 heavy (non-hydrogen) atoms. The second kappa shape index (κ2) is 4.60. The van der Waals surface area contributed by atoms with Gasteiger partial charge in [-0.1, -0.05) is 6.92 Å². The number of hydrogen-bond acceptors (Lipinski definition) is 2. The number of carbonyl (C=O) groups excluding carboxylic acids is 1. The van der Waals surface area contributed by atoms with Gasteiger partial charge in [-0.3, -0.25) is 4.79 Å². The number of carbonyl (C=O) groups is 1. The monoisotopic (exact) mass is 222 g/mol. The molecule has 0 atom stereocenters. The quantitative estimate of drug-likeness (QED) is 0.732. The highest BCUT2D eigenvalue weighted by atomic mass is 19.1.